The molecule has 0 fully saturated rings. The molecule has 0 bridgehead atoms. The van der Waals surface area contributed by atoms with Gasteiger partial charge in [-0.1, -0.05) is 50.2 Å². The lowest BCUT2D eigenvalue weighted by atomic mass is 9.85. The Morgan fingerprint density at radius 1 is 1.04 bits per heavy atom. The maximum Gasteiger partial charge on any atom is 0.191 e. The Morgan fingerprint density at radius 3 is 2.43 bits per heavy atom. The zero-order valence-corrected chi connectivity index (χ0v) is 14.4. The van der Waals surface area contributed by atoms with E-state index in [4.69, 9.17) is 0 Å². The van der Waals surface area contributed by atoms with E-state index < -0.39 is 0 Å². The highest BCUT2D eigenvalue weighted by atomic mass is 15.2. The number of aromatic nitrogens is 1. The van der Waals surface area contributed by atoms with Crippen molar-refractivity contribution in [1.29, 1.82) is 0 Å². The van der Waals surface area contributed by atoms with Crippen LogP contribution in [0.5, 0.6) is 0 Å². The Morgan fingerprint density at radius 2 is 1.78 bits per heavy atom. The fourth-order valence-electron chi connectivity index (χ4n) is 2.39. The molecule has 0 atom stereocenters. The van der Waals surface area contributed by atoms with E-state index in [2.05, 4.69) is 58.7 Å². The number of hydrogen-bond donors (Lipinski definition) is 2. The van der Waals surface area contributed by atoms with Crippen LogP contribution in [0.1, 0.15) is 30.8 Å². The Kier molecular flexibility index (Phi) is 5.74. The van der Waals surface area contributed by atoms with Crippen LogP contribution in [0.25, 0.3) is 0 Å². The van der Waals surface area contributed by atoms with Crippen molar-refractivity contribution in [2.24, 2.45) is 4.99 Å². The molecule has 0 spiro atoms. The first-order valence-corrected chi connectivity index (χ1v) is 7.94. The maximum absolute atomic E-state index is 4.49. The highest BCUT2D eigenvalue weighted by molar-refractivity contribution is 5.79. The summed E-state index contributed by atoms with van der Waals surface area (Å²) in [5.74, 6) is 0.789. The SMILES string of the molecule is CN=C(NCc1cccc(C)n1)NCC(C)(C)c1ccccc1. The minimum Gasteiger partial charge on any atom is -0.356 e. The minimum atomic E-state index is 0.0282. The van der Waals surface area contributed by atoms with Crippen molar-refractivity contribution in [3.63, 3.8) is 0 Å². The Hall–Kier alpha value is -2.36. The second-order valence-electron chi connectivity index (χ2n) is 6.30. The smallest absolute Gasteiger partial charge is 0.191 e. The van der Waals surface area contributed by atoms with E-state index in [1.165, 1.54) is 5.56 Å². The first kappa shape index (κ1) is 17.0. The minimum absolute atomic E-state index is 0.0282. The summed E-state index contributed by atoms with van der Waals surface area (Å²) in [6.07, 6.45) is 0. The van der Waals surface area contributed by atoms with Crippen LogP contribution in [-0.4, -0.2) is 24.5 Å². The third kappa shape index (κ3) is 5.09. The van der Waals surface area contributed by atoms with Gasteiger partial charge >= 0.3 is 0 Å². The molecule has 1 aromatic heterocycles. The predicted molar refractivity (Wildman–Crippen MR) is 96.6 cm³/mol. The van der Waals surface area contributed by atoms with Crippen LogP contribution in [0.4, 0.5) is 0 Å². The van der Waals surface area contributed by atoms with E-state index in [0.29, 0.717) is 6.54 Å². The molecule has 23 heavy (non-hydrogen) atoms. The molecule has 0 radical (unpaired) electrons. The van der Waals surface area contributed by atoms with Gasteiger partial charge in [0.2, 0.25) is 0 Å². The number of nitrogens with zero attached hydrogens (tertiary/aromatic N) is 2. The van der Waals surface area contributed by atoms with Crippen LogP contribution in [0.3, 0.4) is 0 Å². The summed E-state index contributed by atoms with van der Waals surface area (Å²) < 4.78 is 0. The molecule has 0 unspecified atom stereocenters. The van der Waals surface area contributed by atoms with E-state index in [0.717, 1.165) is 23.9 Å². The highest BCUT2D eigenvalue weighted by Crippen LogP contribution is 2.21. The monoisotopic (exact) mass is 310 g/mol. The Bertz CT molecular complexity index is 647. The van der Waals surface area contributed by atoms with Crippen molar-refractivity contribution in [2.75, 3.05) is 13.6 Å². The first-order chi connectivity index (χ1) is 11.0. The number of benzene rings is 1. The molecule has 2 N–H and O–H groups in total. The van der Waals surface area contributed by atoms with Gasteiger partial charge in [0.05, 0.1) is 12.2 Å². The fourth-order valence-corrected chi connectivity index (χ4v) is 2.39. The van der Waals surface area contributed by atoms with Crippen LogP contribution in [0, 0.1) is 6.92 Å². The van der Waals surface area contributed by atoms with Gasteiger partial charge in [-0.3, -0.25) is 9.98 Å². The topological polar surface area (TPSA) is 49.3 Å². The summed E-state index contributed by atoms with van der Waals surface area (Å²) in [5, 5.41) is 6.72. The number of hydrogen-bond acceptors (Lipinski definition) is 2. The zero-order valence-electron chi connectivity index (χ0n) is 14.4. The average molecular weight is 310 g/mol. The maximum atomic E-state index is 4.49. The number of aliphatic imine (C=N–C) groups is 1. The van der Waals surface area contributed by atoms with Crippen LogP contribution in [0.2, 0.25) is 0 Å². The summed E-state index contributed by atoms with van der Waals surface area (Å²) in [6.45, 7) is 7.92. The van der Waals surface area contributed by atoms with Crippen LogP contribution in [-0.2, 0) is 12.0 Å². The van der Waals surface area contributed by atoms with Crippen molar-refractivity contribution in [3.8, 4) is 0 Å². The summed E-state index contributed by atoms with van der Waals surface area (Å²) in [4.78, 5) is 8.78. The van der Waals surface area contributed by atoms with Gasteiger partial charge in [-0.25, -0.2) is 0 Å². The number of rotatable bonds is 5. The molecule has 1 aromatic carbocycles. The second kappa shape index (κ2) is 7.77. The van der Waals surface area contributed by atoms with Gasteiger partial charge in [0.1, 0.15) is 0 Å². The van der Waals surface area contributed by atoms with Crippen LogP contribution < -0.4 is 10.6 Å². The van der Waals surface area contributed by atoms with Crippen molar-refractivity contribution in [2.45, 2.75) is 32.7 Å². The molecule has 4 heteroatoms. The molecular weight excluding hydrogens is 284 g/mol. The van der Waals surface area contributed by atoms with Gasteiger partial charge in [0.15, 0.2) is 5.96 Å². The molecule has 1 heterocycles. The molecule has 2 aromatic rings. The lowest BCUT2D eigenvalue weighted by molar-refractivity contribution is 0.508. The van der Waals surface area contributed by atoms with Gasteiger partial charge in [0.25, 0.3) is 0 Å². The summed E-state index contributed by atoms with van der Waals surface area (Å²) >= 11 is 0. The largest absolute Gasteiger partial charge is 0.356 e. The Labute approximate surface area is 139 Å². The van der Waals surface area contributed by atoms with Gasteiger partial charge in [-0.15, -0.1) is 0 Å². The fraction of sp³-hybridized carbons (Fsp3) is 0.368. The van der Waals surface area contributed by atoms with Gasteiger partial charge < -0.3 is 10.6 Å². The molecule has 0 saturated carbocycles. The van der Waals surface area contributed by atoms with E-state index in [1.54, 1.807) is 7.05 Å². The third-order valence-electron chi connectivity index (χ3n) is 3.86. The lowest BCUT2D eigenvalue weighted by Crippen LogP contribution is -2.43. The van der Waals surface area contributed by atoms with E-state index in [9.17, 15) is 0 Å². The normalized spacial score (nSPS) is 12.1. The van der Waals surface area contributed by atoms with Crippen LogP contribution in [0.15, 0.2) is 53.5 Å². The number of aryl methyl sites for hydroxylation is 1. The summed E-state index contributed by atoms with van der Waals surface area (Å²) in [5.41, 5.74) is 3.37. The summed E-state index contributed by atoms with van der Waals surface area (Å²) in [6, 6.07) is 16.6. The molecule has 4 nitrogen and oxygen atoms in total. The van der Waals surface area contributed by atoms with Crippen molar-refractivity contribution < 1.29 is 0 Å². The summed E-state index contributed by atoms with van der Waals surface area (Å²) in [7, 11) is 1.79. The molecule has 122 valence electrons. The molecule has 0 saturated heterocycles. The van der Waals surface area contributed by atoms with E-state index in [1.807, 2.05) is 31.2 Å². The van der Waals surface area contributed by atoms with Gasteiger partial charge in [-0.2, -0.15) is 0 Å². The van der Waals surface area contributed by atoms with E-state index >= 15 is 0 Å². The van der Waals surface area contributed by atoms with Gasteiger partial charge in [-0.05, 0) is 24.6 Å². The molecule has 0 aliphatic rings. The zero-order chi connectivity index (χ0) is 16.7. The number of pyridine rings is 1. The van der Waals surface area contributed by atoms with Crippen molar-refractivity contribution in [1.82, 2.24) is 15.6 Å². The van der Waals surface area contributed by atoms with Crippen molar-refractivity contribution >= 4 is 5.96 Å². The molecule has 0 aliphatic carbocycles. The average Bonchev–Trinajstić information content (AvgIpc) is 2.56. The third-order valence-corrected chi connectivity index (χ3v) is 3.86. The van der Waals surface area contributed by atoms with E-state index in [-0.39, 0.29) is 5.41 Å². The molecule has 0 amide bonds. The molecule has 0 aliphatic heterocycles. The standard InChI is InChI=1S/C19H26N4/c1-15-9-8-12-17(23-15)13-21-18(20-4)22-14-19(2,3)16-10-6-5-7-11-16/h5-12H,13-14H2,1-4H3,(H2,20,21,22). The first-order valence-electron chi connectivity index (χ1n) is 7.94. The second-order valence-corrected chi connectivity index (χ2v) is 6.30. The molecule has 2 rings (SSSR count). The number of nitrogens with one attached hydrogen (secondary N) is 2. The highest BCUT2D eigenvalue weighted by Gasteiger charge is 2.20. The lowest BCUT2D eigenvalue weighted by Gasteiger charge is -2.26. The molecular formula is C19H26N4. The number of guanidine groups is 1. The van der Waals surface area contributed by atoms with Gasteiger partial charge in [0, 0.05) is 24.7 Å². The quantitative estimate of drug-likeness (QED) is 0.659. The predicted octanol–water partition coefficient (Wildman–Crippen LogP) is 3.03. The van der Waals surface area contributed by atoms with Crippen LogP contribution >= 0.6 is 0 Å². The Balaban J connectivity index is 1.90. The van der Waals surface area contributed by atoms with Crippen molar-refractivity contribution in [3.05, 3.63) is 65.5 Å².